The molecule has 0 bridgehead atoms. The van der Waals surface area contributed by atoms with Crippen LogP contribution in [-0.4, -0.2) is 16.6 Å². The van der Waals surface area contributed by atoms with Crippen LogP contribution in [0.1, 0.15) is 25.1 Å². The molecule has 124 valence electrons. The number of ether oxygens (including phenoxy) is 1. The number of hydrogen-bond acceptors (Lipinski definition) is 4. The lowest BCUT2D eigenvalue weighted by Crippen LogP contribution is -2.11. The molecular formula is C16H18F3N3O. The van der Waals surface area contributed by atoms with Gasteiger partial charge in [-0.3, -0.25) is 0 Å². The summed E-state index contributed by atoms with van der Waals surface area (Å²) in [6, 6.07) is 8.20. The Labute approximate surface area is 132 Å². The molecule has 0 amide bonds. The minimum absolute atomic E-state index is 0.0617. The molecule has 0 aliphatic heterocycles. The van der Waals surface area contributed by atoms with Crippen LogP contribution in [0, 0.1) is 5.92 Å². The van der Waals surface area contributed by atoms with E-state index in [1.807, 2.05) is 24.3 Å². The zero-order valence-corrected chi connectivity index (χ0v) is 12.9. The minimum Gasteiger partial charge on any atom is -0.493 e. The molecule has 0 fully saturated rings. The standard InChI is InChI=1S/C16H18F3N3O/c1-11(2)10-23-13-5-3-4-12(8-13)9-21-15-20-7-6-14(22-15)16(17,18)19/h3-8,11H,9-10H2,1-2H3,(H,20,21,22). The fourth-order valence-corrected chi connectivity index (χ4v) is 1.79. The molecular weight excluding hydrogens is 307 g/mol. The summed E-state index contributed by atoms with van der Waals surface area (Å²) >= 11 is 0. The Bertz CT molecular complexity index is 644. The van der Waals surface area contributed by atoms with Gasteiger partial charge in [0.1, 0.15) is 11.4 Å². The van der Waals surface area contributed by atoms with Crippen LogP contribution in [0.15, 0.2) is 36.5 Å². The fourth-order valence-electron chi connectivity index (χ4n) is 1.79. The monoisotopic (exact) mass is 325 g/mol. The van der Waals surface area contributed by atoms with Gasteiger partial charge in [-0.15, -0.1) is 0 Å². The third-order valence-corrected chi connectivity index (χ3v) is 2.88. The third kappa shape index (κ3) is 5.43. The first-order valence-electron chi connectivity index (χ1n) is 7.20. The highest BCUT2D eigenvalue weighted by Crippen LogP contribution is 2.27. The molecule has 0 saturated carbocycles. The molecule has 0 aliphatic carbocycles. The number of nitrogens with zero attached hydrogens (tertiary/aromatic N) is 2. The van der Waals surface area contributed by atoms with Crippen molar-refractivity contribution in [3.63, 3.8) is 0 Å². The van der Waals surface area contributed by atoms with Gasteiger partial charge >= 0.3 is 6.18 Å². The lowest BCUT2D eigenvalue weighted by molar-refractivity contribution is -0.141. The average molecular weight is 325 g/mol. The number of aromatic nitrogens is 2. The molecule has 1 aromatic heterocycles. The maximum atomic E-state index is 12.6. The lowest BCUT2D eigenvalue weighted by atomic mass is 10.2. The first-order valence-corrected chi connectivity index (χ1v) is 7.20. The number of hydrogen-bond donors (Lipinski definition) is 1. The topological polar surface area (TPSA) is 47.0 Å². The van der Waals surface area contributed by atoms with Crippen LogP contribution in [-0.2, 0) is 12.7 Å². The summed E-state index contributed by atoms with van der Waals surface area (Å²) in [5.74, 6) is 1.08. The van der Waals surface area contributed by atoms with Crippen LogP contribution in [0.3, 0.4) is 0 Å². The normalized spacial score (nSPS) is 11.6. The summed E-state index contributed by atoms with van der Waals surface area (Å²) in [5, 5.41) is 2.79. The average Bonchev–Trinajstić information content (AvgIpc) is 2.51. The molecule has 0 unspecified atom stereocenters. The number of rotatable bonds is 6. The van der Waals surface area contributed by atoms with E-state index < -0.39 is 11.9 Å². The second-order valence-corrected chi connectivity index (χ2v) is 5.47. The van der Waals surface area contributed by atoms with Crippen molar-refractivity contribution < 1.29 is 17.9 Å². The summed E-state index contributed by atoms with van der Waals surface area (Å²) < 4.78 is 43.4. The Hall–Kier alpha value is -2.31. The molecule has 1 N–H and O–H groups in total. The molecule has 4 nitrogen and oxygen atoms in total. The molecule has 0 radical (unpaired) electrons. The molecule has 2 aromatic rings. The first kappa shape index (κ1) is 17.1. The minimum atomic E-state index is -4.48. The van der Waals surface area contributed by atoms with Crippen LogP contribution in [0.5, 0.6) is 5.75 Å². The Morgan fingerprint density at radius 3 is 2.70 bits per heavy atom. The SMILES string of the molecule is CC(C)COc1cccc(CNc2nccc(C(F)(F)F)n2)c1. The van der Waals surface area contributed by atoms with Crippen molar-refractivity contribution in [2.24, 2.45) is 5.92 Å². The van der Waals surface area contributed by atoms with Gasteiger partial charge in [-0.2, -0.15) is 13.2 Å². The van der Waals surface area contributed by atoms with E-state index in [0.717, 1.165) is 23.6 Å². The van der Waals surface area contributed by atoms with Gasteiger partial charge in [0.05, 0.1) is 6.61 Å². The lowest BCUT2D eigenvalue weighted by Gasteiger charge is -2.11. The van der Waals surface area contributed by atoms with Gasteiger partial charge in [0, 0.05) is 12.7 Å². The van der Waals surface area contributed by atoms with Crippen molar-refractivity contribution in [1.29, 1.82) is 0 Å². The quantitative estimate of drug-likeness (QED) is 0.867. The van der Waals surface area contributed by atoms with Crippen molar-refractivity contribution in [2.45, 2.75) is 26.6 Å². The number of anilines is 1. The van der Waals surface area contributed by atoms with Crippen molar-refractivity contribution in [3.05, 3.63) is 47.8 Å². The van der Waals surface area contributed by atoms with E-state index in [2.05, 4.69) is 29.1 Å². The molecule has 0 aliphatic rings. The molecule has 2 rings (SSSR count). The van der Waals surface area contributed by atoms with Gasteiger partial charge in [-0.1, -0.05) is 26.0 Å². The van der Waals surface area contributed by atoms with E-state index in [-0.39, 0.29) is 5.95 Å². The molecule has 23 heavy (non-hydrogen) atoms. The van der Waals surface area contributed by atoms with E-state index in [1.165, 1.54) is 0 Å². The Morgan fingerprint density at radius 1 is 1.22 bits per heavy atom. The summed E-state index contributed by atoms with van der Waals surface area (Å²) in [4.78, 5) is 7.26. The van der Waals surface area contributed by atoms with Gasteiger partial charge in [0.2, 0.25) is 5.95 Å². The number of halogens is 3. The molecule has 7 heteroatoms. The van der Waals surface area contributed by atoms with Crippen molar-refractivity contribution in [3.8, 4) is 5.75 Å². The predicted molar refractivity (Wildman–Crippen MR) is 81.1 cm³/mol. The van der Waals surface area contributed by atoms with Crippen LogP contribution in [0.4, 0.5) is 19.1 Å². The summed E-state index contributed by atoms with van der Waals surface area (Å²) in [7, 11) is 0. The first-order chi connectivity index (χ1) is 10.8. The number of nitrogens with one attached hydrogen (secondary N) is 1. The maximum absolute atomic E-state index is 12.6. The van der Waals surface area contributed by atoms with E-state index >= 15 is 0 Å². The smallest absolute Gasteiger partial charge is 0.433 e. The van der Waals surface area contributed by atoms with Gasteiger partial charge in [0.25, 0.3) is 0 Å². The summed E-state index contributed by atoms with van der Waals surface area (Å²) in [6.45, 7) is 5.01. The number of alkyl halides is 3. The second-order valence-electron chi connectivity index (χ2n) is 5.47. The predicted octanol–water partition coefficient (Wildman–Crippen LogP) is 4.14. The highest BCUT2D eigenvalue weighted by Gasteiger charge is 2.32. The maximum Gasteiger partial charge on any atom is 0.433 e. The van der Waals surface area contributed by atoms with E-state index in [1.54, 1.807) is 0 Å². The van der Waals surface area contributed by atoms with Crippen molar-refractivity contribution in [2.75, 3.05) is 11.9 Å². The Kier molecular flexibility index (Phi) is 5.41. The van der Waals surface area contributed by atoms with Gasteiger partial charge < -0.3 is 10.1 Å². The Balaban J connectivity index is 1.99. The van der Waals surface area contributed by atoms with Gasteiger partial charge in [0.15, 0.2) is 0 Å². The molecule has 1 heterocycles. The highest BCUT2D eigenvalue weighted by molar-refractivity contribution is 5.33. The summed E-state index contributed by atoms with van der Waals surface area (Å²) in [6.07, 6.45) is -3.40. The van der Waals surface area contributed by atoms with Crippen LogP contribution < -0.4 is 10.1 Å². The zero-order chi connectivity index (χ0) is 16.9. The van der Waals surface area contributed by atoms with Gasteiger partial charge in [-0.05, 0) is 29.7 Å². The van der Waals surface area contributed by atoms with Crippen molar-refractivity contribution in [1.82, 2.24) is 9.97 Å². The van der Waals surface area contributed by atoms with Crippen LogP contribution in [0.2, 0.25) is 0 Å². The van der Waals surface area contributed by atoms with Crippen molar-refractivity contribution >= 4 is 5.95 Å². The van der Waals surface area contributed by atoms with E-state index in [9.17, 15) is 13.2 Å². The number of benzene rings is 1. The van der Waals surface area contributed by atoms with Crippen LogP contribution in [0.25, 0.3) is 0 Å². The van der Waals surface area contributed by atoms with Crippen LogP contribution >= 0.6 is 0 Å². The molecule has 1 aromatic carbocycles. The largest absolute Gasteiger partial charge is 0.493 e. The molecule has 0 saturated heterocycles. The second kappa shape index (κ2) is 7.30. The van der Waals surface area contributed by atoms with E-state index in [4.69, 9.17) is 4.74 Å². The zero-order valence-electron chi connectivity index (χ0n) is 12.9. The summed E-state index contributed by atoms with van der Waals surface area (Å²) in [5.41, 5.74) is -0.101. The highest BCUT2D eigenvalue weighted by atomic mass is 19.4. The van der Waals surface area contributed by atoms with E-state index in [0.29, 0.717) is 19.1 Å². The van der Waals surface area contributed by atoms with Gasteiger partial charge in [-0.25, -0.2) is 9.97 Å². The fraction of sp³-hybridized carbons (Fsp3) is 0.375. The Morgan fingerprint density at radius 2 is 2.00 bits per heavy atom. The third-order valence-electron chi connectivity index (χ3n) is 2.88. The molecule has 0 spiro atoms. The molecule has 0 atom stereocenters.